The molecular formula is C22H27N3O5. The standard InChI is InChI=1S/C22H27N3O5/c1-22(2,3)30-21(26)24-12-10-16(11-13-24)17-4-5-18(23-14-17)15-29-20-8-6-19(7-9-20)25(27)28/h4-9,14,16H,10-13,15H2,1-3H3. The fraction of sp³-hybridized carbons (Fsp3) is 0.455. The van der Waals surface area contributed by atoms with E-state index in [2.05, 4.69) is 11.1 Å². The quantitative estimate of drug-likeness (QED) is 0.522. The smallest absolute Gasteiger partial charge is 0.410 e. The Kier molecular flexibility index (Phi) is 6.54. The zero-order valence-corrected chi connectivity index (χ0v) is 17.5. The number of nitrogens with zero attached hydrogens (tertiary/aromatic N) is 3. The third kappa shape index (κ3) is 5.92. The molecule has 0 atom stereocenters. The zero-order chi connectivity index (χ0) is 21.7. The molecule has 8 heteroatoms. The average Bonchev–Trinajstić information content (AvgIpc) is 2.72. The van der Waals surface area contributed by atoms with Gasteiger partial charge in [0.05, 0.1) is 10.6 Å². The number of hydrogen-bond acceptors (Lipinski definition) is 6. The second-order valence-corrected chi connectivity index (χ2v) is 8.36. The monoisotopic (exact) mass is 413 g/mol. The van der Waals surface area contributed by atoms with Crippen molar-refractivity contribution in [1.82, 2.24) is 9.88 Å². The summed E-state index contributed by atoms with van der Waals surface area (Å²) in [5, 5.41) is 10.7. The van der Waals surface area contributed by atoms with Crippen molar-refractivity contribution in [3.8, 4) is 5.75 Å². The lowest BCUT2D eigenvalue weighted by atomic mass is 9.90. The van der Waals surface area contributed by atoms with E-state index in [1.807, 2.05) is 33.0 Å². The molecule has 0 spiro atoms. The Morgan fingerprint density at radius 2 is 1.83 bits per heavy atom. The summed E-state index contributed by atoms with van der Waals surface area (Å²) in [6.45, 7) is 7.24. The van der Waals surface area contributed by atoms with Crippen LogP contribution in [0, 0.1) is 10.1 Å². The number of ether oxygens (including phenoxy) is 2. The molecule has 0 unspecified atom stereocenters. The maximum Gasteiger partial charge on any atom is 0.410 e. The molecule has 2 heterocycles. The van der Waals surface area contributed by atoms with Crippen LogP contribution in [-0.4, -0.2) is 39.6 Å². The Hall–Kier alpha value is -3.16. The SMILES string of the molecule is CC(C)(C)OC(=O)N1CCC(c2ccc(COc3ccc([N+](=O)[O-])cc3)nc2)CC1. The van der Waals surface area contributed by atoms with E-state index in [1.54, 1.807) is 17.0 Å². The number of non-ortho nitro benzene ring substituents is 1. The molecule has 1 amide bonds. The van der Waals surface area contributed by atoms with Crippen molar-refractivity contribution >= 4 is 11.8 Å². The van der Waals surface area contributed by atoms with E-state index < -0.39 is 10.5 Å². The molecule has 0 N–H and O–H groups in total. The second-order valence-electron chi connectivity index (χ2n) is 8.36. The summed E-state index contributed by atoms with van der Waals surface area (Å²) in [5.41, 5.74) is 1.48. The van der Waals surface area contributed by atoms with Crippen molar-refractivity contribution in [2.45, 2.75) is 51.7 Å². The summed E-state index contributed by atoms with van der Waals surface area (Å²) in [5.74, 6) is 0.918. The van der Waals surface area contributed by atoms with Crippen LogP contribution in [0.4, 0.5) is 10.5 Å². The molecule has 1 fully saturated rings. The molecule has 0 saturated carbocycles. The van der Waals surface area contributed by atoms with Crippen LogP contribution in [0.25, 0.3) is 0 Å². The van der Waals surface area contributed by atoms with Crippen LogP contribution in [0.2, 0.25) is 0 Å². The summed E-state index contributed by atoms with van der Waals surface area (Å²) in [7, 11) is 0. The predicted octanol–water partition coefficient (Wildman–Crippen LogP) is 4.68. The second kappa shape index (κ2) is 9.11. The lowest BCUT2D eigenvalue weighted by Gasteiger charge is -2.33. The predicted molar refractivity (Wildman–Crippen MR) is 111 cm³/mol. The van der Waals surface area contributed by atoms with E-state index in [9.17, 15) is 14.9 Å². The van der Waals surface area contributed by atoms with Gasteiger partial charge in [-0.2, -0.15) is 0 Å². The molecule has 160 valence electrons. The number of benzene rings is 1. The van der Waals surface area contributed by atoms with Crippen LogP contribution < -0.4 is 4.74 Å². The number of nitro groups is 1. The Labute approximate surface area is 176 Å². The molecule has 3 rings (SSSR count). The first-order chi connectivity index (χ1) is 14.2. The van der Waals surface area contributed by atoms with Gasteiger partial charge in [-0.25, -0.2) is 4.79 Å². The third-order valence-corrected chi connectivity index (χ3v) is 4.90. The summed E-state index contributed by atoms with van der Waals surface area (Å²) in [6.07, 6.45) is 3.36. The van der Waals surface area contributed by atoms with Crippen molar-refractivity contribution in [3.05, 3.63) is 64.0 Å². The highest BCUT2D eigenvalue weighted by molar-refractivity contribution is 5.68. The molecule has 1 aromatic carbocycles. The molecule has 1 aliphatic heterocycles. The maximum atomic E-state index is 12.2. The normalized spacial score (nSPS) is 15.0. The average molecular weight is 413 g/mol. The number of aromatic nitrogens is 1. The number of amides is 1. The van der Waals surface area contributed by atoms with Gasteiger partial charge < -0.3 is 14.4 Å². The van der Waals surface area contributed by atoms with Crippen molar-refractivity contribution in [2.75, 3.05) is 13.1 Å². The Balaban J connectivity index is 1.49. The number of pyridine rings is 1. The Morgan fingerprint density at radius 1 is 1.17 bits per heavy atom. The van der Waals surface area contributed by atoms with Crippen LogP contribution in [0.5, 0.6) is 5.75 Å². The summed E-state index contributed by atoms with van der Waals surface area (Å²) in [4.78, 5) is 28.7. The van der Waals surface area contributed by atoms with Gasteiger partial charge in [-0.05, 0) is 63.3 Å². The molecule has 1 aliphatic rings. The van der Waals surface area contributed by atoms with E-state index in [0.717, 1.165) is 24.1 Å². The molecule has 1 aromatic heterocycles. The zero-order valence-electron chi connectivity index (χ0n) is 17.5. The van der Waals surface area contributed by atoms with Crippen LogP contribution >= 0.6 is 0 Å². The van der Waals surface area contributed by atoms with Gasteiger partial charge in [0.1, 0.15) is 18.0 Å². The number of carbonyl (C=O) groups is 1. The lowest BCUT2D eigenvalue weighted by Crippen LogP contribution is -2.41. The highest BCUT2D eigenvalue weighted by Gasteiger charge is 2.27. The lowest BCUT2D eigenvalue weighted by molar-refractivity contribution is -0.384. The number of likely N-dealkylation sites (tertiary alicyclic amines) is 1. The minimum absolute atomic E-state index is 0.0301. The summed E-state index contributed by atoms with van der Waals surface area (Å²) < 4.78 is 11.1. The molecule has 0 aliphatic carbocycles. The first-order valence-electron chi connectivity index (χ1n) is 10.0. The van der Waals surface area contributed by atoms with Crippen LogP contribution in [0.3, 0.4) is 0 Å². The van der Waals surface area contributed by atoms with Gasteiger partial charge in [-0.1, -0.05) is 6.07 Å². The Bertz CT molecular complexity index is 867. The summed E-state index contributed by atoms with van der Waals surface area (Å²) in [6, 6.07) is 9.96. The number of nitro benzene ring substituents is 1. The first-order valence-corrected chi connectivity index (χ1v) is 10.0. The maximum absolute atomic E-state index is 12.2. The molecule has 2 aromatic rings. The summed E-state index contributed by atoms with van der Waals surface area (Å²) >= 11 is 0. The van der Waals surface area contributed by atoms with Gasteiger partial charge in [0, 0.05) is 31.4 Å². The van der Waals surface area contributed by atoms with Crippen molar-refractivity contribution in [2.24, 2.45) is 0 Å². The van der Waals surface area contributed by atoms with Crippen molar-refractivity contribution in [1.29, 1.82) is 0 Å². The topological polar surface area (TPSA) is 94.8 Å². The van der Waals surface area contributed by atoms with Crippen LogP contribution in [-0.2, 0) is 11.3 Å². The number of rotatable bonds is 5. The number of piperidine rings is 1. The number of hydrogen-bond donors (Lipinski definition) is 0. The van der Waals surface area contributed by atoms with Gasteiger partial charge in [0.2, 0.25) is 0 Å². The van der Waals surface area contributed by atoms with Gasteiger partial charge in [-0.3, -0.25) is 15.1 Å². The minimum Gasteiger partial charge on any atom is -0.487 e. The van der Waals surface area contributed by atoms with Crippen LogP contribution in [0.1, 0.15) is 50.8 Å². The van der Waals surface area contributed by atoms with Crippen molar-refractivity contribution in [3.63, 3.8) is 0 Å². The molecule has 8 nitrogen and oxygen atoms in total. The van der Waals surface area contributed by atoms with Gasteiger partial charge in [0.15, 0.2) is 0 Å². The molecule has 1 saturated heterocycles. The molecule has 30 heavy (non-hydrogen) atoms. The molecule has 0 radical (unpaired) electrons. The number of carbonyl (C=O) groups excluding carboxylic acids is 1. The van der Waals surface area contributed by atoms with E-state index >= 15 is 0 Å². The van der Waals surface area contributed by atoms with Gasteiger partial charge >= 0.3 is 6.09 Å². The van der Waals surface area contributed by atoms with Crippen molar-refractivity contribution < 1.29 is 19.2 Å². The molecule has 0 bridgehead atoms. The largest absolute Gasteiger partial charge is 0.487 e. The van der Waals surface area contributed by atoms with Gasteiger partial charge in [-0.15, -0.1) is 0 Å². The van der Waals surface area contributed by atoms with E-state index in [0.29, 0.717) is 24.8 Å². The van der Waals surface area contributed by atoms with E-state index in [-0.39, 0.29) is 18.4 Å². The van der Waals surface area contributed by atoms with Crippen LogP contribution in [0.15, 0.2) is 42.6 Å². The third-order valence-electron chi connectivity index (χ3n) is 4.90. The fourth-order valence-electron chi connectivity index (χ4n) is 3.31. The van der Waals surface area contributed by atoms with E-state index in [1.165, 1.54) is 12.1 Å². The van der Waals surface area contributed by atoms with Gasteiger partial charge in [0.25, 0.3) is 5.69 Å². The van der Waals surface area contributed by atoms with E-state index in [4.69, 9.17) is 9.47 Å². The Morgan fingerprint density at radius 3 is 2.37 bits per heavy atom. The molecular weight excluding hydrogens is 386 g/mol. The minimum atomic E-state index is -0.482. The highest BCUT2D eigenvalue weighted by Crippen LogP contribution is 2.28. The first kappa shape index (κ1) is 21.5. The fourth-order valence-corrected chi connectivity index (χ4v) is 3.31. The highest BCUT2D eigenvalue weighted by atomic mass is 16.6.